The van der Waals surface area contributed by atoms with E-state index in [1.807, 2.05) is 55.5 Å². The van der Waals surface area contributed by atoms with Gasteiger partial charge >= 0.3 is 0 Å². The van der Waals surface area contributed by atoms with Crippen LogP contribution in [0.4, 0.5) is 0 Å². The van der Waals surface area contributed by atoms with Crippen molar-refractivity contribution in [1.29, 1.82) is 5.26 Å². The lowest BCUT2D eigenvalue weighted by atomic mass is 10.1. The van der Waals surface area contributed by atoms with E-state index in [0.717, 1.165) is 22.2 Å². The smallest absolute Gasteiger partial charge is 0.161 e. The van der Waals surface area contributed by atoms with E-state index in [1.54, 1.807) is 0 Å². The molecule has 5 heteroatoms. The van der Waals surface area contributed by atoms with Crippen LogP contribution in [-0.4, -0.2) is 16.6 Å². The Hall–Kier alpha value is -4.56. The molecule has 0 saturated carbocycles. The van der Waals surface area contributed by atoms with E-state index >= 15 is 0 Å². The molecular weight excluding hydrogens is 446 g/mol. The molecule has 1 aromatic heterocycles. The van der Waals surface area contributed by atoms with E-state index in [2.05, 4.69) is 60.2 Å². The number of allylic oxidation sites excluding steroid dienone is 1. The summed E-state index contributed by atoms with van der Waals surface area (Å²) >= 11 is 0. The number of hydrogen-bond acceptors (Lipinski definition) is 4. The molecule has 0 bridgehead atoms. The van der Waals surface area contributed by atoms with E-state index in [1.165, 1.54) is 21.9 Å². The lowest BCUT2D eigenvalue weighted by molar-refractivity contribution is 0.270. The van der Waals surface area contributed by atoms with Gasteiger partial charge in [-0.3, -0.25) is 0 Å². The first kappa shape index (κ1) is 23.2. The summed E-state index contributed by atoms with van der Waals surface area (Å²) in [5.41, 5.74) is 6.52. The highest BCUT2D eigenvalue weighted by Gasteiger charge is 2.12. The molecule has 0 fully saturated rings. The fraction of sp³-hybridized carbons (Fsp3) is 0.161. The number of H-pyrrole nitrogens is 1. The highest BCUT2D eigenvalue weighted by Crippen LogP contribution is 2.32. The predicted octanol–water partition coefficient (Wildman–Crippen LogP) is 7.37. The van der Waals surface area contributed by atoms with Crippen LogP contribution in [0.15, 0.2) is 72.8 Å². The number of nitrogens with zero attached hydrogens (tertiary/aromatic N) is 2. The van der Waals surface area contributed by atoms with Gasteiger partial charge in [-0.05, 0) is 84.1 Å². The first-order valence-electron chi connectivity index (χ1n) is 12.0. The number of aromatic amines is 1. The Labute approximate surface area is 210 Å². The molecule has 0 radical (unpaired) electrons. The van der Waals surface area contributed by atoms with Crippen LogP contribution in [0.1, 0.15) is 35.0 Å². The van der Waals surface area contributed by atoms with E-state index in [0.29, 0.717) is 36.1 Å². The first-order chi connectivity index (χ1) is 17.6. The van der Waals surface area contributed by atoms with Gasteiger partial charge in [-0.15, -0.1) is 0 Å². The Bertz CT molecular complexity index is 1600. The number of rotatable bonds is 7. The standard InChI is InChI=1S/C31H27N3O2/c1-4-35-30-17-22(16-25(18-32)31-33-27-14-20(2)21(3)15-28(27)34-31)12-13-29(30)36-19-24-10-7-9-23-8-5-6-11-26(23)24/h5-17H,4,19H2,1-3H3,(H,33,34)/b25-16+. The summed E-state index contributed by atoms with van der Waals surface area (Å²) in [4.78, 5) is 7.93. The molecule has 0 aliphatic rings. The Morgan fingerprint density at radius 1 is 0.944 bits per heavy atom. The predicted molar refractivity (Wildman–Crippen MR) is 145 cm³/mol. The molecule has 0 saturated heterocycles. The van der Waals surface area contributed by atoms with Gasteiger partial charge in [0.15, 0.2) is 11.5 Å². The van der Waals surface area contributed by atoms with Crippen LogP contribution in [-0.2, 0) is 6.61 Å². The van der Waals surface area contributed by atoms with Gasteiger partial charge in [-0.2, -0.15) is 5.26 Å². The van der Waals surface area contributed by atoms with Gasteiger partial charge in [-0.25, -0.2) is 4.98 Å². The number of ether oxygens (including phenoxy) is 2. The van der Waals surface area contributed by atoms with E-state index in [-0.39, 0.29) is 0 Å². The van der Waals surface area contributed by atoms with Crippen LogP contribution < -0.4 is 9.47 Å². The van der Waals surface area contributed by atoms with Crippen molar-refractivity contribution >= 4 is 33.5 Å². The number of hydrogen-bond donors (Lipinski definition) is 1. The Kier molecular flexibility index (Phi) is 6.42. The molecule has 36 heavy (non-hydrogen) atoms. The van der Waals surface area contributed by atoms with Crippen LogP contribution in [0.2, 0.25) is 0 Å². The zero-order valence-corrected chi connectivity index (χ0v) is 20.6. The molecule has 0 atom stereocenters. The monoisotopic (exact) mass is 473 g/mol. The lowest BCUT2D eigenvalue weighted by Crippen LogP contribution is -2.00. The highest BCUT2D eigenvalue weighted by molar-refractivity contribution is 5.91. The average Bonchev–Trinajstić information content (AvgIpc) is 3.29. The SMILES string of the molecule is CCOc1cc(/C=C(\C#N)c2nc3cc(C)c(C)cc3[nH]2)ccc1OCc1cccc2ccccc12. The van der Waals surface area contributed by atoms with Crippen molar-refractivity contribution in [2.24, 2.45) is 0 Å². The molecule has 0 unspecified atom stereocenters. The van der Waals surface area contributed by atoms with Crippen LogP contribution in [0.25, 0.3) is 33.5 Å². The van der Waals surface area contributed by atoms with Crippen molar-refractivity contribution in [3.63, 3.8) is 0 Å². The Balaban J connectivity index is 1.43. The molecule has 1 heterocycles. The molecular formula is C31H27N3O2. The summed E-state index contributed by atoms with van der Waals surface area (Å²) in [7, 11) is 0. The van der Waals surface area contributed by atoms with Gasteiger partial charge in [0, 0.05) is 0 Å². The minimum absolute atomic E-state index is 0.428. The van der Waals surface area contributed by atoms with Crippen LogP contribution >= 0.6 is 0 Å². The molecule has 178 valence electrons. The van der Waals surface area contributed by atoms with Crippen molar-refractivity contribution in [2.75, 3.05) is 6.61 Å². The quantitative estimate of drug-likeness (QED) is 0.250. The van der Waals surface area contributed by atoms with Crippen LogP contribution in [0.3, 0.4) is 0 Å². The minimum Gasteiger partial charge on any atom is -0.490 e. The molecule has 0 spiro atoms. The van der Waals surface area contributed by atoms with Gasteiger partial charge in [0.05, 0.1) is 23.2 Å². The molecule has 5 rings (SSSR count). The van der Waals surface area contributed by atoms with E-state index < -0.39 is 0 Å². The van der Waals surface area contributed by atoms with E-state index in [9.17, 15) is 5.26 Å². The third-order valence-electron chi connectivity index (χ3n) is 6.31. The molecule has 0 amide bonds. The molecule has 5 aromatic rings. The molecule has 0 aliphatic carbocycles. The average molecular weight is 474 g/mol. The normalized spacial score (nSPS) is 11.6. The van der Waals surface area contributed by atoms with Crippen LogP contribution in [0, 0.1) is 25.2 Å². The molecule has 5 nitrogen and oxygen atoms in total. The summed E-state index contributed by atoms with van der Waals surface area (Å²) in [6, 6.07) is 26.6. The highest BCUT2D eigenvalue weighted by atomic mass is 16.5. The molecule has 1 N–H and O–H groups in total. The molecule has 0 aliphatic heterocycles. The zero-order valence-electron chi connectivity index (χ0n) is 20.6. The van der Waals surface area contributed by atoms with Crippen molar-refractivity contribution in [3.8, 4) is 17.6 Å². The molecule has 4 aromatic carbocycles. The fourth-order valence-electron chi connectivity index (χ4n) is 4.29. The lowest BCUT2D eigenvalue weighted by Gasteiger charge is -2.14. The van der Waals surface area contributed by atoms with Crippen molar-refractivity contribution in [2.45, 2.75) is 27.4 Å². The number of nitriles is 1. The summed E-state index contributed by atoms with van der Waals surface area (Å²) in [5, 5.41) is 12.2. The largest absolute Gasteiger partial charge is 0.490 e. The first-order valence-corrected chi connectivity index (χ1v) is 12.0. The number of benzene rings is 4. The van der Waals surface area contributed by atoms with Gasteiger partial charge in [0.1, 0.15) is 18.5 Å². The number of nitrogens with one attached hydrogen (secondary N) is 1. The van der Waals surface area contributed by atoms with Gasteiger partial charge in [0.2, 0.25) is 0 Å². The second-order valence-electron chi connectivity index (χ2n) is 8.77. The van der Waals surface area contributed by atoms with Crippen molar-refractivity contribution in [3.05, 3.63) is 101 Å². The van der Waals surface area contributed by atoms with E-state index in [4.69, 9.17) is 9.47 Å². The second-order valence-corrected chi connectivity index (χ2v) is 8.77. The summed E-state index contributed by atoms with van der Waals surface area (Å²) < 4.78 is 12.1. The summed E-state index contributed by atoms with van der Waals surface area (Å²) in [6.45, 7) is 7.00. The second kappa shape index (κ2) is 9.97. The Morgan fingerprint density at radius 2 is 1.75 bits per heavy atom. The maximum absolute atomic E-state index is 9.86. The van der Waals surface area contributed by atoms with Gasteiger partial charge < -0.3 is 14.5 Å². The van der Waals surface area contributed by atoms with Crippen molar-refractivity contribution < 1.29 is 9.47 Å². The van der Waals surface area contributed by atoms with Gasteiger partial charge in [0.25, 0.3) is 0 Å². The fourth-order valence-corrected chi connectivity index (χ4v) is 4.29. The number of aromatic nitrogens is 2. The van der Waals surface area contributed by atoms with Crippen LogP contribution in [0.5, 0.6) is 11.5 Å². The maximum atomic E-state index is 9.86. The third-order valence-corrected chi connectivity index (χ3v) is 6.31. The van der Waals surface area contributed by atoms with Crippen molar-refractivity contribution in [1.82, 2.24) is 9.97 Å². The number of aryl methyl sites for hydroxylation is 2. The third kappa shape index (κ3) is 4.67. The number of fused-ring (bicyclic) bond motifs is 2. The Morgan fingerprint density at radius 3 is 2.58 bits per heavy atom. The summed E-state index contributed by atoms with van der Waals surface area (Å²) in [6.07, 6.45) is 1.81. The zero-order chi connectivity index (χ0) is 25.1. The summed E-state index contributed by atoms with van der Waals surface area (Å²) in [5.74, 6) is 1.85. The maximum Gasteiger partial charge on any atom is 0.161 e. The van der Waals surface area contributed by atoms with Gasteiger partial charge in [-0.1, -0.05) is 48.5 Å². The number of imidazole rings is 1. The topological polar surface area (TPSA) is 70.9 Å². The minimum atomic E-state index is 0.428.